The highest BCUT2D eigenvalue weighted by Crippen LogP contribution is 2.16. The van der Waals surface area contributed by atoms with Gasteiger partial charge in [0, 0.05) is 18.3 Å². The lowest BCUT2D eigenvalue weighted by atomic mass is 10.2. The van der Waals surface area contributed by atoms with Crippen LogP contribution in [0.5, 0.6) is 0 Å². The number of hydrogen-bond acceptors (Lipinski definition) is 2. The third kappa shape index (κ3) is 3.64. The predicted molar refractivity (Wildman–Crippen MR) is 73.4 cm³/mol. The van der Waals surface area contributed by atoms with E-state index in [-0.39, 0.29) is 5.91 Å². The lowest BCUT2D eigenvalue weighted by Gasteiger charge is -2.06. The number of aromatic nitrogens is 2. The molecule has 0 fully saturated rings. The van der Waals surface area contributed by atoms with E-state index in [0.717, 1.165) is 5.56 Å². The van der Waals surface area contributed by atoms with Crippen molar-refractivity contribution in [1.82, 2.24) is 15.1 Å². The molecule has 100 valence electrons. The van der Waals surface area contributed by atoms with Crippen molar-refractivity contribution in [3.05, 3.63) is 52.0 Å². The highest BCUT2D eigenvalue weighted by molar-refractivity contribution is 9.10. The Morgan fingerprint density at radius 2 is 2.32 bits per heavy atom. The molecule has 1 amide bonds. The van der Waals surface area contributed by atoms with Gasteiger partial charge >= 0.3 is 0 Å². The van der Waals surface area contributed by atoms with Crippen molar-refractivity contribution in [3.63, 3.8) is 0 Å². The van der Waals surface area contributed by atoms with Crippen molar-refractivity contribution >= 4 is 21.8 Å². The van der Waals surface area contributed by atoms with Crippen LogP contribution in [0.2, 0.25) is 0 Å². The molecule has 2 rings (SSSR count). The number of amides is 1. The molecule has 19 heavy (non-hydrogen) atoms. The van der Waals surface area contributed by atoms with Gasteiger partial charge in [0.15, 0.2) is 0 Å². The van der Waals surface area contributed by atoms with Crippen molar-refractivity contribution in [1.29, 1.82) is 0 Å². The molecule has 0 aliphatic rings. The maximum absolute atomic E-state index is 13.3. The number of rotatable bonds is 4. The summed E-state index contributed by atoms with van der Waals surface area (Å²) in [5, 5.41) is 6.83. The molecule has 1 aromatic carbocycles. The van der Waals surface area contributed by atoms with Crippen LogP contribution in [0.25, 0.3) is 0 Å². The fourth-order valence-electron chi connectivity index (χ4n) is 1.61. The largest absolute Gasteiger partial charge is 0.350 e. The molecule has 0 spiro atoms. The fraction of sp³-hybridized carbons (Fsp3) is 0.231. The standard InChI is InChI=1S/C13H13BrFN3O/c1-9-7-17-18(8-9)5-4-16-13(19)10-2-3-11(14)12(15)6-10/h2-3,6-8H,4-5H2,1H3,(H,16,19). The van der Waals surface area contributed by atoms with E-state index in [2.05, 4.69) is 26.3 Å². The van der Waals surface area contributed by atoms with E-state index in [1.807, 2.05) is 13.1 Å². The van der Waals surface area contributed by atoms with E-state index < -0.39 is 5.82 Å². The molecule has 0 saturated carbocycles. The molecule has 0 saturated heterocycles. The molecule has 4 nitrogen and oxygen atoms in total. The Bertz CT molecular complexity index is 597. The first-order chi connectivity index (χ1) is 9.06. The van der Waals surface area contributed by atoms with Crippen molar-refractivity contribution in [2.75, 3.05) is 6.54 Å². The minimum atomic E-state index is -0.449. The van der Waals surface area contributed by atoms with Gasteiger partial charge in [-0.2, -0.15) is 5.10 Å². The normalized spacial score (nSPS) is 10.5. The minimum Gasteiger partial charge on any atom is -0.350 e. The molecule has 1 aromatic heterocycles. The van der Waals surface area contributed by atoms with Gasteiger partial charge in [0.1, 0.15) is 5.82 Å². The van der Waals surface area contributed by atoms with Gasteiger partial charge in [0.25, 0.3) is 5.91 Å². The molecule has 1 heterocycles. The average molecular weight is 326 g/mol. The zero-order valence-electron chi connectivity index (χ0n) is 10.4. The molecule has 0 bridgehead atoms. The summed E-state index contributed by atoms with van der Waals surface area (Å²) in [7, 11) is 0. The van der Waals surface area contributed by atoms with Gasteiger partial charge in [-0.25, -0.2) is 4.39 Å². The van der Waals surface area contributed by atoms with Crippen LogP contribution in [0.1, 0.15) is 15.9 Å². The van der Waals surface area contributed by atoms with Crippen molar-refractivity contribution in [2.24, 2.45) is 0 Å². The van der Waals surface area contributed by atoms with Gasteiger partial charge in [-0.1, -0.05) is 0 Å². The van der Waals surface area contributed by atoms with Gasteiger partial charge in [0.05, 0.1) is 17.2 Å². The Balaban J connectivity index is 1.89. The topological polar surface area (TPSA) is 46.9 Å². The zero-order valence-corrected chi connectivity index (χ0v) is 11.9. The Labute approximate surface area is 118 Å². The number of carbonyl (C=O) groups excluding carboxylic acids is 1. The Morgan fingerprint density at radius 1 is 1.53 bits per heavy atom. The summed E-state index contributed by atoms with van der Waals surface area (Å²) in [5.41, 5.74) is 1.37. The molecule has 0 unspecified atom stereocenters. The zero-order chi connectivity index (χ0) is 13.8. The van der Waals surface area contributed by atoms with Crippen LogP contribution in [0.15, 0.2) is 35.1 Å². The molecule has 0 atom stereocenters. The van der Waals surface area contributed by atoms with E-state index in [1.54, 1.807) is 16.9 Å². The third-order valence-electron chi connectivity index (χ3n) is 2.57. The van der Waals surface area contributed by atoms with Crippen LogP contribution in [0.4, 0.5) is 4.39 Å². The third-order valence-corrected chi connectivity index (χ3v) is 3.21. The highest BCUT2D eigenvalue weighted by atomic mass is 79.9. The van der Waals surface area contributed by atoms with E-state index in [1.165, 1.54) is 12.1 Å². The van der Waals surface area contributed by atoms with Gasteiger partial charge in [0.2, 0.25) is 0 Å². The van der Waals surface area contributed by atoms with Crippen LogP contribution in [-0.2, 0) is 6.54 Å². The molecule has 1 N–H and O–H groups in total. The number of aryl methyl sites for hydroxylation is 1. The Hall–Kier alpha value is -1.69. The van der Waals surface area contributed by atoms with Crippen LogP contribution < -0.4 is 5.32 Å². The maximum Gasteiger partial charge on any atom is 0.251 e. The quantitative estimate of drug-likeness (QED) is 0.938. The number of nitrogens with one attached hydrogen (secondary N) is 1. The number of carbonyl (C=O) groups is 1. The number of hydrogen-bond donors (Lipinski definition) is 1. The summed E-state index contributed by atoms with van der Waals surface area (Å²) in [5.74, 6) is -0.745. The molecule has 0 radical (unpaired) electrons. The second-order valence-corrected chi connectivity index (χ2v) is 5.02. The van der Waals surface area contributed by atoms with Crippen molar-refractivity contribution in [3.8, 4) is 0 Å². The van der Waals surface area contributed by atoms with E-state index in [4.69, 9.17) is 0 Å². The molecule has 6 heteroatoms. The first kappa shape index (κ1) is 13.7. The second kappa shape index (κ2) is 5.97. The smallest absolute Gasteiger partial charge is 0.251 e. The Morgan fingerprint density at radius 3 is 2.95 bits per heavy atom. The minimum absolute atomic E-state index is 0.296. The highest BCUT2D eigenvalue weighted by Gasteiger charge is 2.08. The molecule has 0 aliphatic carbocycles. The summed E-state index contributed by atoms with van der Waals surface area (Å²) in [6.45, 7) is 2.98. The molecular formula is C13H13BrFN3O. The molecule has 2 aromatic rings. The number of nitrogens with zero attached hydrogens (tertiary/aromatic N) is 2. The maximum atomic E-state index is 13.3. The number of benzene rings is 1. The summed E-state index contributed by atoms with van der Waals surface area (Å²) >= 11 is 3.05. The van der Waals surface area contributed by atoms with Gasteiger partial charge in [-0.3, -0.25) is 9.48 Å². The van der Waals surface area contributed by atoms with Gasteiger partial charge in [-0.15, -0.1) is 0 Å². The van der Waals surface area contributed by atoms with Crippen molar-refractivity contribution < 1.29 is 9.18 Å². The van der Waals surface area contributed by atoms with Crippen LogP contribution in [-0.4, -0.2) is 22.2 Å². The van der Waals surface area contributed by atoms with Crippen LogP contribution in [0.3, 0.4) is 0 Å². The van der Waals surface area contributed by atoms with Crippen molar-refractivity contribution in [2.45, 2.75) is 13.5 Å². The number of halogens is 2. The van der Waals surface area contributed by atoms with Gasteiger partial charge in [-0.05, 0) is 46.6 Å². The van der Waals surface area contributed by atoms with Crippen LogP contribution in [0, 0.1) is 12.7 Å². The fourth-order valence-corrected chi connectivity index (χ4v) is 1.86. The summed E-state index contributed by atoms with van der Waals surface area (Å²) in [4.78, 5) is 11.8. The van der Waals surface area contributed by atoms with E-state index in [9.17, 15) is 9.18 Å². The molecular weight excluding hydrogens is 313 g/mol. The first-order valence-electron chi connectivity index (χ1n) is 5.78. The summed E-state index contributed by atoms with van der Waals surface area (Å²) < 4.78 is 15.4. The van der Waals surface area contributed by atoms with Gasteiger partial charge < -0.3 is 5.32 Å². The SMILES string of the molecule is Cc1cnn(CCNC(=O)c2ccc(Br)c(F)c2)c1. The van der Waals surface area contributed by atoms with E-state index >= 15 is 0 Å². The molecule has 0 aliphatic heterocycles. The summed E-state index contributed by atoms with van der Waals surface area (Å²) in [6.07, 6.45) is 3.65. The lowest BCUT2D eigenvalue weighted by Crippen LogP contribution is -2.27. The second-order valence-electron chi connectivity index (χ2n) is 4.17. The first-order valence-corrected chi connectivity index (χ1v) is 6.58. The Kier molecular flexibility index (Phi) is 4.31. The van der Waals surface area contributed by atoms with E-state index in [0.29, 0.717) is 23.1 Å². The van der Waals surface area contributed by atoms with Crippen LogP contribution >= 0.6 is 15.9 Å². The monoisotopic (exact) mass is 325 g/mol. The summed E-state index contributed by atoms with van der Waals surface area (Å²) in [6, 6.07) is 4.29. The lowest BCUT2D eigenvalue weighted by molar-refractivity contribution is 0.0951. The predicted octanol–water partition coefficient (Wildman–Crippen LogP) is 2.52. The average Bonchev–Trinajstić information content (AvgIpc) is 2.78.